The average molecular weight is 566 g/mol. The Morgan fingerprint density at radius 2 is 2.20 bits per heavy atom. The Balaban J connectivity index is 0.00000228. The van der Waals surface area contributed by atoms with Gasteiger partial charge in [-0.05, 0) is 30.1 Å². The van der Waals surface area contributed by atoms with Crippen molar-refractivity contribution in [3.05, 3.63) is 22.3 Å². The zero-order valence-electron chi connectivity index (χ0n) is 20.4. The first-order valence-electron chi connectivity index (χ1n) is 10.2. The van der Waals surface area contributed by atoms with Crippen molar-refractivity contribution in [2.75, 3.05) is 37.9 Å². The first kappa shape index (κ1) is 28.5. The Kier molecular flexibility index (Phi) is 10.2. The Morgan fingerprint density at radius 1 is 1.43 bits per heavy atom. The number of nitrogens with zero attached hydrogens (tertiary/aromatic N) is 7. The van der Waals surface area contributed by atoms with E-state index in [1.165, 1.54) is 39.8 Å². The Morgan fingerprint density at radius 3 is 2.86 bits per heavy atom. The van der Waals surface area contributed by atoms with Crippen molar-refractivity contribution in [1.82, 2.24) is 40.3 Å². The fraction of sp³-hybridized carbons (Fsp3) is 0.500. The van der Waals surface area contributed by atoms with E-state index in [0.717, 1.165) is 6.54 Å². The molecule has 184 valence electrons. The molecule has 0 radical (unpaired) electrons. The number of anilines is 1. The van der Waals surface area contributed by atoms with E-state index < -0.39 is 23.3 Å². The van der Waals surface area contributed by atoms with Gasteiger partial charge >= 0.3 is 57.4 Å². The van der Waals surface area contributed by atoms with E-state index in [-0.39, 0.29) is 70.8 Å². The number of fused-ring (bicyclic) bond motifs is 1. The number of thiazole rings is 1. The molecule has 4 N–H and O–H groups in total. The summed E-state index contributed by atoms with van der Waals surface area (Å²) in [5, 5.41) is 26.4. The van der Waals surface area contributed by atoms with E-state index >= 15 is 0 Å². The Labute approximate surface area is 257 Å². The van der Waals surface area contributed by atoms with Gasteiger partial charge in [0.2, 0.25) is 11.1 Å². The second-order valence-electron chi connectivity index (χ2n) is 7.84. The van der Waals surface area contributed by atoms with E-state index in [4.69, 9.17) is 5.73 Å². The molecule has 0 unspecified atom stereocenters. The maximum Gasteiger partial charge on any atom is 1.00 e. The van der Waals surface area contributed by atoms with E-state index in [9.17, 15) is 19.5 Å². The number of nitrogens with two attached hydrogens (primary N) is 1. The van der Waals surface area contributed by atoms with Gasteiger partial charge in [-0.15, -0.1) is 28.2 Å². The number of amides is 2. The van der Waals surface area contributed by atoms with Crippen LogP contribution in [-0.4, -0.2) is 101 Å². The minimum absolute atomic E-state index is 0. The molecule has 2 aromatic rings. The van der Waals surface area contributed by atoms with Gasteiger partial charge < -0.3 is 22.5 Å². The maximum atomic E-state index is 12.8. The SMILES string of the molecule is CN(C)CCn1nnnc1SCC1=C(C(=O)O)N2C(=O)[C@@H](NC(=O)Cc3csc(N)n3)[C@H]2SC1.[H-].[K+]. The van der Waals surface area contributed by atoms with Crippen LogP contribution in [0.25, 0.3) is 0 Å². The number of carboxylic acids is 1. The van der Waals surface area contributed by atoms with Crippen molar-refractivity contribution >= 4 is 57.8 Å². The van der Waals surface area contributed by atoms with Crippen LogP contribution in [0.1, 0.15) is 7.12 Å². The third-order valence-electron chi connectivity index (χ3n) is 5.11. The van der Waals surface area contributed by atoms with Crippen LogP contribution >= 0.6 is 34.9 Å². The standard InChI is InChI=1S/C18H23N9O4S3.K.H/c1-25(2)3-4-26-18(22-23-24-26)34-7-9-6-32-15-12(14(29)27(15)13(9)16(30)31)21-11(28)5-10-8-33-17(19)20-10;;/h8,12,15H,3-7H2,1-2H3,(H2,19,20)(H,21,28)(H,30,31);;/q;+1;-1/t12-,15-;;/m1../s1. The number of hydrogen-bond donors (Lipinski definition) is 3. The van der Waals surface area contributed by atoms with E-state index in [1.54, 1.807) is 10.1 Å². The molecule has 13 nitrogen and oxygen atoms in total. The van der Waals surface area contributed by atoms with Crippen LogP contribution in [-0.2, 0) is 27.3 Å². The number of aromatic nitrogens is 5. The third-order valence-corrected chi connectivity index (χ3v) is 8.22. The van der Waals surface area contributed by atoms with Gasteiger partial charge in [0.15, 0.2) is 5.13 Å². The fourth-order valence-electron chi connectivity index (χ4n) is 3.47. The summed E-state index contributed by atoms with van der Waals surface area (Å²) >= 11 is 3.98. The molecule has 2 aromatic heterocycles. The molecule has 2 atom stereocenters. The van der Waals surface area contributed by atoms with Crippen LogP contribution < -0.4 is 62.4 Å². The average Bonchev–Trinajstić information content (AvgIpc) is 3.41. The van der Waals surface area contributed by atoms with Crippen LogP contribution in [0.3, 0.4) is 0 Å². The largest absolute Gasteiger partial charge is 1.00 e. The normalized spacial score (nSPS) is 19.3. The number of hydrogen-bond acceptors (Lipinski definition) is 12. The number of carbonyl (C=O) groups excluding carboxylic acids is 2. The predicted octanol–water partition coefficient (Wildman–Crippen LogP) is -3.54. The topological polar surface area (TPSA) is 172 Å². The van der Waals surface area contributed by atoms with E-state index in [1.807, 2.05) is 19.0 Å². The van der Waals surface area contributed by atoms with Gasteiger partial charge in [-0.1, -0.05) is 11.8 Å². The van der Waals surface area contributed by atoms with Crippen LogP contribution in [0.4, 0.5) is 5.13 Å². The second kappa shape index (κ2) is 12.5. The Hall–Kier alpha value is -1.05. The molecule has 0 bridgehead atoms. The number of tetrazole rings is 1. The molecule has 0 aromatic carbocycles. The molecule has 17 heteroatoms. The molecule has 0 aliphatic carbocycles. The zero-order valence-corrected chi connectivity index (χ0v) is 24.9. The molecule has 2 amide bonds. The fourth-order valence-corrected chi connectivity index (χ4v) is 6.42. The van der Waals surface area contributed by atoms with Crippen LogP contribution in [0, 0.1) is 0 Å². The summed E-state index contributed by atoms with van der Waals surface area (Å²) in [5.41, 5.74) is 6.68. The number of thioether (sulfide) groups is 2. The summed E-state index contributed by atoms with van der Waals surface area (Å²) in [6.07, 6.45) is 0.000917. The molecule has 1 saturated heterocycles. The van der Waals surface area contributed by atoms with Crippen molar-refractivity contribution in [3.63, 3.8) is 0 Å². The van der Waals surface area contributed by atoms with Crippen molar-refractivity contribution < 1.29 is 72.3 Å². The van der Waals surface area contributed by atoms with Gasteiger partial charge in [0.1, 0.15) is 17.1 Å². The van der Waals surface area contributed by atoms with Crippen LogP contribution in [0.5, 0.6) is 0 Å². The second-order valence-corrected chi connectivity index (χ2v) is 10.8. The summed E-state index contributed by atoms with van der Waals surface area (Å²) < 4.78 is 1.67. The van der Waals surface area contributed by atoms with Gasteiger partial charge in [-0.3, -0.25) is 14.5 Å². The van der Waals surface area contributed by atoms with E-state index in [2.05, 4.69) is 25.8 Å². The first-order chi connectivity index (χ1) is 16.2. The summed E-state index contributed by atoms with van der Waals surface area (Å²) in [7, 11) is 3.90. The number of rotatable bonds is 10. The molecule has 4 rings (SSSR count). The third kappa shape index (κ3) is 6.64. The molecular formula is C18H24KN9O4S3. The quantitative estimate of drug-likeness (QED) is 0.147. The van der Waals surface area contributed by atoms with Crippen LogP contribution in [0.2, 0.25) is 0 Å². The van der Waals surface area contributed by atoms with Gasteiger partial charge in [-0.2, -0.15) is 0 Å². The van der Waals surface area contributed by atoms with Gasteiger partial charge in [0.25, 0.3) is 5.91 Å². The molecule has 4 heterocycles. The van der Waals surface area contributed by atoms with E-state index in [0.29, 0.717) is 39.6 Å². The van der Waals surface area contributed by atoms with Gasteiger partial charge in [-0.25, -0.2) is 14.5 Å². The Bertz CT molecular complexity index is 1140. The summed E-state index contributed by atoms with van der Waals surface area (Å²) in [6, 6.07) is -0.782. The smallest absolute Gasteiger partial charge is 1.00 e. The number of nitrogen functional groups attached to an aromatic ring is 1. The molecular weight excluding hydrogens is 542 g/mol. The molecule has 2 aliphatic heterocycles. The van der Waals surface area contributed by atoms with Gasteiger partial charge in [0, 0.05) is 23.4 Å². The maximum absolute atomic E-state index is 12.8. The molecule has 0 spiro atoms. The van der Waals surface area contributed by atoms with Crippen molar-refractivity contribution in [1.29, 1.82) is 0 Å². The monoisotopic (exact) mass is 565 g/mol. The van der Waals surface area contributed by atoms with Crippen molar-refractivity contribution in [2.45, 2.75) is 29.5 Å². The number of β-lactam (4-membered cyclic amide) rings is 1. The zero-order chi connectivity index (χ0) is 24.4. The predicted molar refractivity (Wildman–Crippen MR) is 128 cm³/mol. The number of carboxylic acid groups (broad SMARTS) is 1. The van der Waals surface area contributed by atoms with Crippen molar-refractivity contribution in [2.24, 2.45) is 0 Å². The summed E-state index contributed by atoms with van der Waals surface area (Å²) in [6.45, 7) is 1.36. The molecule has 2 aliphatic rings. The molecule has 1 fully saturated rings. The molecule has 35 heavy (non-hydrogen) atoms. The summed E-state index contributed by atoms with van der Waals surface area (Å²) in [5.74, 6) is -1.24. The van der Waals surface area contributed by atoms with Gasteiger partial charge in [0.05, 0.1) is 18.7 Å². The first-order valence-corrected chi connectivity index (χ1v) is 13.1. The number of nitrogens with one attached hydrogen (secondary N) is 1. The minimum atomic E-state index is -1.18. The number of aliphatic carboxylic acids is 1. The minimum Gasteiger partial charge on any atom is -1.00 e. The number of likely N-dealkylation sites (N-methyl/N-ethyl adjacent to an activating group) is 1. The van der Waals surface area contributed by atoms with Crippen molar-refractivity contribution in [3.8, 4) is 0 Å². The summed E-state index contributed by atoms with van der Waals surface area (Å²) in [4.78, 5) is 44.5. The number of carbonyl (C=O) groups is 3. The van der Waals surface area contributed by atoms with Crippen LogP contribution in [0.15, 0.2) is 21.8 Å². The molecule has 0 saturated carbocycles.